The second-order valence-corrected chi connectivity index (χ2v) is 18.5. The van der Waals surface area contributed by atoms with E-state index in [-0.39, 0.29) is 41.8 Å². The van der Waals surface area contributed by atoms with Crippen molar-refractivity contribution < 1.29 is 32.7 Å². The van der Waals surface area contributed by atoms with E-state index in [4.69, 9.17) is 21.3 Å². The summed E-state index contributed by atoms with van der Waals surface area (Å²) in [6.45, 7) is 8.21. The number of hydrogen-bond acceptors (Lipinski definition) is 13. The number of ether oxygens (including phenoxy) is 1. The van der Waals surface area contributed by atoms with Crippen LogP contribution >= 0.6 is 11.6 Å². The molecule has 2 atom stereocenters. The van der Waals surface area contributed by atoms with E-state index in [1.54, 1.807) is 29.0 Å². The van der Waals surface area contributed by atoms with Crippen LogP contribution in [0.25, 0.3) is 10.9 Å². The normalized spacial score (nSPS) is 22.9. The van der Waals surface area contributed by atoms with Crippen molar-refractivity contribution in [1.82, 2.24) is 29.7 Å². The molecule has 0 spiro atoms. The lowest BCUT2D eigenvalue weighted by molar-refractivity contribution is -0.136. The number of imide groups is 2. The number of benzene rings is 2. The summed E-state index contributed by atoms with van der Waals surface area (Å²) in [7, 11) is 0. The first-order valence-electron chi connectivity index (χ1n) is 22.1. The summed E-state index contributed by atoms with van der Waals surface area (Å²) in [5, 5.41) is 9.50. The number of hydrogen-bond donors (Lipinski definition) is 3. The summed E-state index contributed by atoms with van der Waals surface area (Å²) in [4.78, 5) is 82.2. The number of nitrogens with one attached hydrogen (secondary N) is 3. The third kappa shape index (κ3) is 7.57. The number of aromatic nitrogens is 3. The van der Waals surface area contributed by atoms with Gasteiger partial charge in [0.25, 0.3) is 17.4 Å². The number of rotatable bonds is 9. The molecule has 19 heteroatoms. The lowest BCUT2D eigenvalue weighted by Gasteiger charge is -2.39. The van der Waals surface area contributed by atoms with Gasteiger partial charge in [-0.15, -0.1) is 0 Å². The number of amides is 4. The van der Waals surface area contributed by atoms with Crippen molar-refractivity contribution in [2.45, 2.75) is 76.4 Å². The lowest BCUT2D eigenvalue weighted by atomic mass is 9.94. The van der Waals surface area contributed by atoms with Gasteiger partial charge in [0.05, 0.1) is 40.3 Å². The number of fused-ring (bicyclic) bond motifs is 4. The molecule has 5 aliphatic heterocycles. The van der Waals surface area contributed by atoms with E-state index in [0.29, 0.717) is 89.6 Å². The number of piperazine rings is 1. The first-order valence-corrected chi connectivity index (χ1v) is 22.5. The van der Waals surface area contributed by atoms with Gasteiger partial charge >= 0.3 is 5.92 Å². The maximum Gasteiger partial charge on any atom is 0.301 e. The number of anilines is 5. The van der Waals surface area contributed by atoms with Gasteiger partial charge in [-0.25, -0.2) is 13.8 Å². The SMILES string of the molecule is CC(C)n1c(=O)c2c(c3cc(Nc4nc(N5CCN(CC6CCN(c7cccc8c7C(=O)N(C7CCC(=O)NC7=O)C8=O)CC6)CC5)ncc4Cl)ccc31)NC(C1CC1)C(F)(F)CO2. The summed E-state index contributed by atoms with van der Waals surface area (Å²) < 4.78 is 37.8. The molecule has 6 aliphatic rings. The molecule has 7 heterocycles. The van der Waals surface area contributed by atoms with Crippen molar-refractivity contribution in [1.29, 1.82) is 0 Å². The molecule has 4 amide bonds. The first kappa shape index (κ1) is 42.1. The summed E-state index contributed by atoms with van der Waals surface area (Å²) in [5.74, 6) is -4.17. The van der Waals surface area contributed by atoms with Crippen molar-refractivity contribution in [3.8, 4) is 5.75 Å². The van der Waals surface area contributed by atoms with Crippen LogP contribution in [-0.2, 0) is 9.59 Å². The molecule has 4 aromatic rings. The van der Waals surface area contributed by atoms with Crippen LogP contribution in [0.3, 0.4) is 0 Å². The van der Waals surface area contributed by atoms with Crippen LogP contribution in [0.5, 0.6) is 5.75 Å². The molecule has 1 aliphatic carbocycles. The largest absolute Gasteiger partial charge is 0.480 e. The van der Waals surface area contributed by atoms with Gasteiger partial charge in [0.2, 0.25) is 23.5 Å². The average molecular weight is 899 g/mol. The minimum atomic E-state index is -3.16. The Labute approximate surface area is 372 Å². The van der Waals surface area contributed by atoms with Crippen molar-refractivity contribution >= 4 is 75.0 Å². The summed E-state index contributed by atoms with van der Waals surface area (Å²) in [5.41, 5.74) is 2.29. The molecule has 16 nitrogen and oxygen atoms in total. The summed E-state index contributed by atoms with van der Waals surface area (Å²) in [6.07, 6.45) is 4.92. The summed E-state index contributed by atoms with van der Waals surface area (Å²) >= 11 is 6.65. The number of halogens is 3. The van der Waals surface area contributed by atoms with Gasteiger partial charge in [0.1, 0.15) is 11.1 Å². The lowest BCUT2D eigenvalue weighted by Crippen LogP contribution is -2.54. The fourth-order valence-corrected chi connectivity index (χ4v) is 10.2. The standard InChI is InChI=1S/C45H49ClF2N10O6/c1-24(2)57-31-9-8-27(20-29(31)36-37(43(57)63)64-23-45(47,48)38(52-36)26-6-7-26)50-39-30(46)21-49-44(53-39)56-18-16-54(17-19-56)22-25-12-14-55(15-13-25)32-5-3-4-28-35(32)42(62)58(41(28)61)33-10-11-34(59)51-40(33)60/h3-5,8-9,20-21,24-26,33,38,52H,6-7,10-19,22-23H2,1-2H3,(H,49,50,53)(H,51,59,60). The van der Waals surface area contributed by atoms with Gasteiger partial charge in [-0.1, -0.05) is 17.7 Å². The zero-order chi connectivity index (χ0) is 44.6. The minimum Gasteiger partial charge on any atom is -0.480 e. The highest BCUT2D eigenvalue weighted by molar-refractivity contribution is 6.33. The number of carbonyl (C=O) groups is 4. The maximum absolute atomic E-state index is 15.3. The van der Waals surface area contributed by atoms with E-state index in [1.165, 1.54) is 0 Å². The van der Waals surface area contributed by atoms with Crippen LogP contribution < -0.4 is 36.0 Å². The third-order valence-electron chi connectivity index (χ3n) is 13.5. The Hall–Kier alpha value is -5.88. The Morgan fingerprint density at radius 3 is 2.42 bits per heavy atom. The van der Waals surface area contributed by atoms with Crippen molar-refractivity contribution in [2.75, 3.05) is 72.9 Å². The van der Waals surface area contributed by atoms with Crippen molar-refractivity contribution in [2.24, 2.45) is 11.8 Å². The van der Waals surface area contributed by atoms with Gasteiger partial charge in [0, 0.05) is 69.3 Å². The molecule has 2 unspecified atom stereocenters. The van der Waals surface area contributed by atoms with Gasteiger partial charge in [-0.05, 0) is 88.1 Å². The van der Waals surface area contributed by atoms with E-state index in [2.05, 4.69) is 35.6 Å². The Kier molecular flexibility index (Phi) is 10.7. The van der Waals surface area contributed by atoms with Gasteiger partial charge in [-0.2, -0.15) is 4.98 Å². The van der Waals surface area contributed by atoms with E-state index < -0.39 is 53.8 Å². The summed E-state index contributed by atoms with van der Waals surface area (Å²) in [6, 6.07) is 8.25. The number of carbonyl (C=O) groups excluding carboxylic acids is 4. The molecule has 336 valence electrons. The highest BCUT2D eigenvalue weighted by Crippen LogP contribution is 2.46. The second kappa shape index (κ2) is 16.3. The molecule has 0 radical (unpaired) electrons. The quantitative estimate of drug-likeness (QED) is 0.182. The van der Waals surface area contributed by atoms with E-state index in [0.717, 1.165) is 37.4 Å². The van der Waals surface area contributed by atoms with Gasteiger partial charge in [-0.3, -0.25) is 39.1 Å². The predicted octanol–water partition coefficient (Wildman–Crippen LogP) is 5.43. The van der Waals surface area contributed by atoms with E-state index in [9.17, 15) is 24.0 Å². The van der Waals surface area contributed by atoms with Crippen molar-refractivity contribution in [3.63, 3.8) is 0 Å². The molecule has 3 N–H and O–H groups in total. The molecule has 3 saturated heterocycles. The fourth-order valence-electron chi connectivity index (χ4n) is 10.0. The van der Waals surface area contributed by atoms with Gasteiger partial charge < -0.3 is 29.7 Å². The molecule has 64 heavy (non-hydrogen) atoms. The molecule has 2 aromatic heterocycles. The molecule has 4 fully saturated rings. The molecule has 10 rings (SSSR count). The fraction of sp³-hybridized carbons (Fsp3) is 0.489. The third-order valence-corrected chi connectivity index (χ3v) is 13.8. The zero-order valence-corrected chi connectivity index (χ0v) is 36.3. The van der Waals surface area contributed by atoms with Crippen LogP contribution in [0.15, 0.2) is 47.4 Å². The van der Waals surface area contributed by atoms with E-state index in [1.807, 2.05) is 32.0 Å². The Morgan fingerprint density at radius 1 is 0.938 bits per heavy atom. The molecular weight excluding hydrogens is 850 g/mol. The van der Waals surface area contributed by atoms with Crippen LogP contribution in [0.2, 0.25) is 5.02 Å². The van der Waals surface area contributed by atoms with Crippen molar-refractivity contribution in [3.05, 3.63) is 69.1 Å². The van der Waals surface area contributed by atoms with Crippen LogP contribution in [0.1, 0.15) is 79.1 Å². The number of nitrogens with zero attached hydrogens (tertiary/aromatic N) is 7. The number of alkyl halides is 2. The van der Waals surface area contributed by atoms with Crippen LogP contribution in [0.4, 0.5) is 37.6 Å². The maximum atomic E-state index is 15.3. The second-order valence-electron chi connectivity index (χ2n) is 18.1. The van der Waals surface area contributed by atoms with Gasteiger partial charge in [0.15, 0.2) is 12.4 Å². The number of pyridine rings is 1. The Bertz CT molecular complexity index is 2640. The number of piperidine rings is 2. The zero-order valence-electron chi connectivity index (χ0n) is 35.5. The highest BCUT2D eigenvalue weighted by atomic mass is 35.5. The molecular formula is C45H49ClF2N10O6. The van der Waals surface area contributed by atoms with Crippen LogP contribution in [0, 0.1) is 11.8 Å². The molecule has 2 aromatic carbocycles. The average Bonchev–Trinajstić information content (AvgIpc) is 4.10. The molecule has 1 saturated carbocycles. The predicted molar refractivity (Wildman–Crippen MR) is 236 cm³/mol. The highest BCUT2D eigenvalue weighted by Gasteiger charge is 2.51. The minimum absolute atomic E-state index is 0.0691. The Morgan fingerprint density at radius 2 is 1.70 bits per heavy atom. The Balaban J connectivity index is 0.782. The topological polar surface area (TPSA) is 174 Å². The molecule has 0 bridgehead atoms. The first-order chi connectivity index (χ1) is 30.8. The monoisotopic (exact) mass is 898 g/mol. The van der Waals surface area contributed by atoms with Crippen LogP contribution in [-0.4, -0.2) is 118 Å². The smallest absolute Gasteiger partial charge is 0.301 e. The van der Waals surface area contributed by atoms with E-state index >= 15 is 8.78 Å².